The molecular weight excluding hydrogens is 409 g/mol. The van der Waals surface area contributed by atoms with Crippen molar-refractivity contribution in [3.05, 3.63) is 62.6 Å². The highest BCUT2D eigenvalue weighted by Gasteiger charge is 2.12. The molecule has 3 rings (SSSR count). The summed E-state index contributed by atoms with van der Waals surface area (Å²) >= 11 is 18.5. The van der Waals surface area contributed by atoms with Crippen molar-refractivity contribution in [1.82, 2.24) is 19.6 Å². The molecule has 6 nitrogen and oxygen atoms in total. The lowest BCUT2D eigenvalue weighted by Crippen LogP contribution is -2.15. The van der Waals surface area contributed by atoms with Crippen LogP contribution in [0.5, 0.6) is 0 Å². The average Bonchev–Trinajstić information content (AvgIpc) is 3.16. The molecule has 0 saturated carbocycles. The van der Waals surface area contributed by atoms with Crippen molar-refractivity contribution in [3.63, 3.8) is 0 Å². The summed E-state index contributed by atoms with van der Waals surface area (Å²) in [7, 11) is 0. The van der Waals surface area contributed by atoms with Crippen molar-refractivity contribution in [3.8, 4) is 0 Å². The second-order valence-corrected chi connectivity index (χ2v) is 7.33. The van der Waals surface area contributed by atoms with Crippen LogP contribution in [0, 0.1) is 13.8 Å². The Balaban J connectivity index is 1.58. The Morgan fingerprint density at radius 3 is 2.52 bits per heavy atom. The van der Waals surface area contributed by atoms with Gasteiger partial charge < -0.3 is 5.32 Å². The molecule has 9 heteroatoms. The first-order chi connectivity index (χ1) is 12.8. The fraction of sp³-hybridized carbons (Fsp3) is 0.278. The van der Waals surface area contributed by atoms with Crippen LogP contribution in [-0.4, -0.2) is 25.5 Å². The smallest absolute Gasteiger partial charge is 0.226 e. The van der Waals surface area contributed by atoms with E-state index in [1.165, 1.54) is 0 Å². The van der Waals surface area contributed by atoms with Crippen molar-refractivity contribution >= 4 is 46.4 Å². The summed E-state index contributed by atoms with van der Waals surface area (Å²) in [4.78, 5) is 12.2. The third kappa shape index (κ3) is 4.64. The molecule has 27 heavy (non-hydrogen) atoms. The predicted molar refractivity (Wildman–Crippen MR) is 108 cm³/mol. The van der Waals surface area contributed by atoms with Gasteiger partial charge in [-0.05, 0) is 26.0 Å². The summed E-state index contributed by atoms with van der Waals surface area (Å²) < 4.78 is 3.41. The molecule has 0 spiro atoms. The number of aryl methyl sites for hydroxylation is 2. The molecule has 1 aromatic carbocycles. The number of nitrogens with zero attached hydrogens (tertiary/aromatic N) is 4. The first-order valence-electron chi connectivity index (χ1n) is 8.30. The highest BCUT2D eigenvalue weighted by Crippen LogP contribution is 2.25. The number of amides is 1. The van der Waals surface area contributed by atoms with Crippen LogP contribution in [0.3, 0.4) is 0 Å². The lowest BCUT2D eigenvalue weighted by molar-refractivity contribution is -0.116. The van der Waals surface area contributed by atoms with Gasteiger partial charge in [0.25, 0.3) is 0 Å². The Labute approximate surface area is 172 Å². The van der Waals surface area contributed by atoms with E-state index in [9.17, 15) is 4.79 Å². The minimum absolute atomic E-state index is 0.131. The summed E-state index contributed by atoms with van der Waals surface area (Å²) in [5.41, 5.74) is 3.00. The van der Waals surface area contributed by atoms with Crippen molar-refractivity contribution < 1.29 is 4.79 Å². The van der Waals surface area contributed by atoms with Crippen LogP contribution in [0.25, 0.3) is 0 Å². The Hall–Kier alpha value is -2.02. The van der Waals surface area contributed by atoms with E-state index >= 15 is 0 Å². The molecule has 2 aromatic heterocycles. The van der Waals surface area contributed by atoms with Crippen LogP contribution in [0.1, 0.15) is 23.4 Å². The maximum atomic E-state index is 12.2. The average molecular weight is 427 g/mol. The molecule has 0 radical (unpaired) electrons. The van der Waals surface area contributed by atoms with Gasteiger partial charge in [0.1, 0.15) is 0 Å². The van der Waals surface area contributed by atoms with E-state index in [4.69, 9.17) is 34.8 Å². The highest BCUT2D eigenvalue weighted by atomic mass is 35.5. The monoisotopic (exact) mass is 425 g/mol. The van der Waals surface area contributed by atoms with Crippen molar-refractivity contribution in [2.45, 2.75) is 33.4 Å². The van der Waals surface area contributed by atoms with Crippen LogP contribution < -0.4 is 5.32 Å². The number of carbonyl (C=O) groups excluding carboxylic acids is 1. The van der Waals surface area contributed by atoms with Crippen molar-refractivity contribution in [2.24, 2.45) is 0 Å². The normalized spacial score (nSPS) is 11.0. The molecular formula is C18H18Cl3N5O. The van der Waals surface area contributed by atoms with E-state index < -0.39 is 0 Å². The first-order valence-corrected chi connectivity index (χ1v) is 9.43. The number of hydrogen-bond acceptors (Lipinski definition) is 3. The zero-order chi connectivity index (χ0) is 19.6. The lowest BCUT2D eigenvalue weighted by atomic mass is 10.2. The second kappa shape index (κ2) is 8.33. The van der Waals surface area contributed by atoms with Gasteiger partial charge in [0.15, 0.2) is 0 Å². The molecule has 3 aromatic rings. The fourth-order valence-corrected chi connectivity index (χ4v) is 3.34. The minimum atomic E-state index is -0.131. The van der Waals surface area contributed by atoms with Gasteiger partial charge in [-0.1, -0.05) is 40.9 Å². The summed E-state index contributed by atoms with van der Waals surface area (Å²) in [6, 6.07) is 5.35. The number of halogens is 3. The molecule has 0 unspecified atom stereocenters. The number of anilines is 1. The quantitative estimate of drug-likeness (QED) is 0.619. The Morgan fingerprint density at radius 1 is 1.19 bits per heavy atom. The summed E-state index contributed by atoms with van der Waals surface area (Å²) in [5.74, 6) is -0.131. The second-order valence-electron chi connectivity index (χ2n) is 6.13. The third-order valence-electron chi connectivity index (χ3n) is 4.14. The number of carbonyl (C=O) groups is 1. The predicted octanol–water partition coefficient (Wildman–Crippen LogP) is 4.73. The maximum absolute atomic E-state index is 12.2. The van der Waals surface area contributed by atoms with E-state index in [0.29, 0.717) is 33.8 Å². The minimum Gasteiger partial charge on any atom is -0.323 e. The first kappa shape index (κ1) is 19.7. The van der Waals surface area contributed by atoms with Gasteiger partial charge in [-0.25, -0.2) is 0 Å². The summed E-state index contributed by atoms with van der Waals surface area (Å²) in [5, 5.41) is 13.2. The molecule has 1 N–H and O–H groups in total. The van der Waals surface area contributed by atoms with Gasteiger partial charge in [-0.2, -0.15) is 10.2 Å². The highest BCUT2D eigenvalue weighted by molar-refractivity contribution is 6.36. The van der Waals surface area contributed by atoms with E-state index in [0.717, 1.165) is 17.0 Å². The van der Waals surface area contributed by atoms with Crippen molar-refractivity contribution in [2.75, 3.05) is 5.32 Å². The number of nitrogens with one attached hydrogen (secondary N) is 1. The van der Waals surface area contributed by atoms with Gasteiger partial charge in [-0.15, -0.1) is 0 Å². The Bertz CT molecular complexity index is 959. The Kier molecular flexibility index (Phi) is 6.09. The molecule has 1 amide bonds. The maximum Gasteiger partial charge on any atom is 0.226 e. The summed E-state index contributed by atoms with van der Waals surface area (Å²) in [6.07, 6.45) is 3.60. The van der Waals surface area contributed by atoms with Gasteiger partial charge >= 0.3 is 0 Å². The SMILES string of the molecule is Cc1nn(CCC(=O)Nc2cnn(Cc3c(Cl)cccc3Cl)c2)c(C)c1Cl. The molecule has 0 bridgehead atoms. The van der Waals surface area contributed by atoms with Crippen LogP contribution in [0.2, 0.25) is 15.1 Å². The van der Waals surface area contributed by atoms with Gasteiger partial charge in [0.05, 0.1) is 41.4 Å². The molecule has 0 fully saturated rings. The Morgan fingerprint density at radius 2 is 1.89 bits per heavy atom. The van der Waals surface area contributed by atoms with Crippen LogP contribution in [-0.2, 0) is 17.9 Å². The molecule has 0 atom stereocenters. The third-order valence-corrected chi connectivity index (χ3v) is 5.40. The summed E-state index contributed by atoms with van der Waals surface area (Å²) in [6.45, 7) is 4.59. The van der Waals surface area contributed by atoms with Gasteiger partial charge in [0.2, 0.25) is 5.91 Å². The van der Waals surface area contributed by atoms with Crippen molar-refractivity contribution in [1.29, 1.82) is 0 Å². The number of benzene rings is 1. The van der Waals surface area contributed by atoms with E-state index in [2.05, 4.69) is 15.5 Å². The fourth-order valence-electron chi connectivity index (χ4n) is 2.68. The number of hydrogen-bond donors (Lipinski definition) is 1. The van der Waals surface area contributed by atoms with E-state index in [-0.39, 0.29) is 12.3 Å². The van der Waals surface area contributed by atoms with E-state index in [1.54, 1.807) is 40.0 Å². The lowest BCUT2D eigenvalue weighted by Gasteiger charge is -2.07. The number of rotatable bonds is 6. The van der Waals surface area contributed by atoms with Crippen LogP contribution >= 0.6 is 34.8 Å². The zero-order valence-corrected chi connectivity index (χ0v) is 17.1. The largest absolute Gasteiger partial charge is 0.323 e. The molecule has 0 aliphatic carbocycles. The number of aromatic nitrogens is 4. The molecule has 142 valence electrons. The van der Waals surface area contributed by atoms with Crippen LogP contribution in [0.15, 0.2) is 30.6 Å². The molecule has 0 saturated heterocycles. The topological polar surface area (TPSA) is 64.7 Å². The van der Waals surface area contributed by atoms with E-state index in [1.807, 2.05) is 13.8 Å². The van der Waals surface area contributed by atoms with Crippen LogP contribution in [0.4, 0.5) is 5.69 Å². The van der Waals surface area contributed by atoms with Gasteiger partial charge in [-0.3, -0.25) is 14.2 Å². The molecule has 0 aliphatic rings. The molecule has 0 aliphatic heterocycles. The zero-order valence-electron chi connectivity index (χ0n) is 14.8. The molecule has 2 heterocycles. The van der Waals surface area contributed by atoms with Gasteiger partial charge in [0, 0.05) is 28.2 Å². The standard InChI is InChI=1S/C18H18Cl3N5O/c1-11-18(21)12(2)26(24-11)7-6-17(27)23-13-8-22-25(9-13)10-14-15(19)4-3-5-16(14)20/h3-5,8-9H,6-7,10H2,1-2H3,(H,23,27).